The molecule has 11 nitrogen and oxygen atoms in total. The van der Waals surface area contributed by atoms with E-state index >= 15 is 0 Å². The highest BCUT2D eigenvalue weighted by Gasteiger charge is 2.49. The highest BCUT2D eigenvalue weighted by atomic mass is 35.5. The normalized spacial score (nSPS) is 18.0. The van der Waals surface area contributed by atoms with Crippen molar-refractivity contribution in [3.8, 4) is 17.6 Å². The number of carbonyl (C=O) groups excluding carboxylic acids is 1. The average molecular weight is 481 g/mol. The number of anilines is 1. The number of nitriles is 1. The second-order valence-corrected chi connectivity index (χ2v) is 8.55. The molecule has 2 N–H and O–H groups in total. The molecule has 3 aromatic rings. The maximum Gasteiger partial charge on any atom is 0.336 e. The molecule has 1 saturated heterocycles. The van der Waals surface area contributed by atoms with Crippen LogP contribution in [-0.2, 0) is 0 Å². The second kappa shape index (κ2) is 7.64. The Kier molecular flexibility index (Phi) is 4.84. The van der Waals surface area contributed by atoms with E-state index in [1.165, 1.54) is 33.7 Å². The number of nitro groups is 1. The van der Waals surface area contributed by atoms with Gasteiger partial charge in [0.1, 0.15) is 11.8 Å². The lowest BCUT2D eigenvalue weighted by Crippen LogP contribution is -2.40. The minimum Gasteiger partial charge on any atom is -0.493 e. The number of rotatable bonds is 3. The van der Waals surface area contributed by atoms with Crippen LogP contribution in [0.25, 0.3) is 5.69 Å². The molecule has 2 aliphatic rings. The minimum absolute atomic E-state index is 0.152. The van der Waals surface area contributed by atoms with Gasteiger partial charge < -0.3 is 15.3 Å². The van der Waals surface area contributed by atoms with Crippen LogP contribution in [0.3, 0.4) is 0 Å². The summed E-state index contributed by atoms with van der Waals surface area (Å²) < 4.78 is 2.63. The van der Waals surface area contributed by atoms with Crippen LogP contribution in [0.4, 0.5) is 16.2 Å². The molecule has 172 valence electrons. The summed E-state index contributed by atoms with van der Waals surface area (Å²) in [6.07, 6.45) is 0.467. The van der Waals surface area contributed by atoms with Crippen molar-refractivity contribution in [1.29, 1.82) is 5.26 Å². The molecule has 2 aromatic carbocycles. The molecule has 0 saturated carbocycles. The van der Waals surface area contributed by atoms with Crippen molar-refractivity contribution >= 4 is 29.0 Å². The first-order valence-electron chi connectivity index (χ1n) is 10.3. The number of nitrogens with zero attached hydrogens (tertiary/aromatic N) is 5. The molecule has 5 rings (SSSR count). The number of hydrogen-bond acceptors (Lipinski definition) is 6. The highest BCUT2D eigenvalue weighted by Crippen LogP contribution is 2.49. The van der Waals surface area contributed by atoms with Crippen LogP contribution in [0.15, 0.2) is 41.2 Å². The lowest BCUT2D eigenvalue weighted by molar-refractivity contribution is -0.384. The molecule has 34 heavy (non-hydrogen) atoms. The van der Waals surface area contributed by atoms with E-state index in [9.17, 15) is 30.1 Å². The summed E-state index contributed by atoms with van der Waals surface area (Å²) >= 11 is 6.26. The average Bonchev–Trinajstić information content (AvgIpc) is 3.48. The van der Waals surface area contributed by atoms with Gasteiger partial charge in [-0.2, -0.15) is 5.26 Å². The Morgan fingerprint density at radius 2 is 2.12 bits per heavy atom. The number of aromatic nitrogens is 2. The van der Waals surface area contributed by atoms with E-state index in [0.29, 0.717) is 23.4 Å². The summed E-state index contributed by atoms with van der Waals surface area (Å²) in [5.41, 5.74) is 1.05. The summed E-state index contributed by atoms with van der Waals surface area (Å²) in [5.74, 6) is -0.297. The molecule has 2 bridgehead atoms. The van der Waals surface area contributed by atoms with Crippen molar-refractivity contribution in [3.05, 3.63) is 78.8 Å². The maximum atomic E-state index is 13.2. The van der Waals surface area contributed by atoms with Gasteiger partial charge in [-0.25, -0.2) is 14.2 Å². The Morgan fingerprint density at radius 3 is 2.82 bits per heavy atom. The molecule has 0 radical (unpaired) electrons. The zero-order valence-electron chi connectivity index (χ0n) is 17.7. The molecule has 2 aliphatic heterocycles. The van der Waals surface area contributed by atoms with Gasteiger partial charge in [0.2, 0.25) is 5.88 Å². The molecule has 12 heteroatoms. The fourth-order valence-corrected chi connectivity index (χ4v) is 4.99. The van der Waals surface area contributed by atoms with E-state index in [-0.39, 0.29) is 40.4 Å². The number of imidazole rings is 1. The van der Waals surface area contributed by atoms with Crippen LogP contribution >= 0.6 is 11.6 Å². The van der Waals surface area contributed by atoms with E-state index in [0.717, 1.165) is 4.57 Å². The number of urea groups is 1. The highest BCUT2D eigenvalue weighted by molar-refractivity contribution is 6.32. The number of likely N-dealkylation sites (tertiary alicyclic amines) is 1. The largest absolute Gasteiger partial charge is 0.493 e. The van der Waals surface area contributed by atoms with Gasteiger partial charge in [0.05, 0.1) is 33.3 Å². The standard InChI is InChI=1S/C22H17ClN6O5/c1-11-16(6-5-12(9-24)18(11)23)28-20(30)19-17-8-15(27(19)22(28)32)10-26(17)21(31)25-13-3-2-4-14(7-13)29(33)34/h2-7,15,17,30H,8,10H2,1H3,(H,25,31)/t15-,17?/m1/s1. The Hall–Kier alpha value is -4.30. The Balaban J connectivity index is 1.49. The van der Waals surface area contributed by atoms with Gasteiger partial charge >= 0.3 is 11.7 Å². The summed E-state index contributed by atoms with van der Waals surface area (Å²) in [5, 5.41) is 34.1. The van der Waals surface area contributed by atoms with Crippen molar-refractivity contribution in [1.82, 2.24) is 14.0 Å². The van der Waals surface area contributed by atoms with Gasteiger partial charge in [-0.3, -0.25) is 14.7 Å². The molecule has 0 aliphatic carbocycles. The molecule has 2 atom stereocenters. The zero-order chi connectivity index (χ0) is 24.3. The molecule has 1 fully saturated rings. The lowest BCUT2D eigenvalue weighted by atomic mass is 10.1. The third-order valence-electron chi connectivity index (χ3n) is 6.35. The Labute approximate surface area is 197 Å². The number of amides is 2. The van der Waals surface area contributed by atoms with E-state index in [2.05, 4.69) is 5.32 Å². The SMILES string of the molecule is Cc1c(-n2c(O)c3n(c2=O)[C@@H]2CC3N(C(=O)Nc3cccc([N+](=O)[O-])c3)C2)ccc(C#N)c1Cl. The maximum absolute atomic E-state index is 13.2. The third kappa shape index (κ3) is 3.03. The molecule has 2 amide bonds. The minimum atomic E-state index is -0.551. The summed E-state index contributed by atoms with van der Waals surface area (Å²) in [6, 6.07) is 9.23. The summed E-state index contributed by atoms with van der Waals surface area (Å²) in [7, 11) is 0. The number of carbonyl (C=O) groups is 1. The topological polar surface area (TPSA) is 146 Å². The molecular formula is C22H17ClN6O5. The van der Waals surface area contributed by atoms with Crippen molar-refractivity contribution in [3.63, 3.8) is 0 Å². The molecule has 3 heterocycles. The lowest BCUT2D eigenvalue weighted by Gasteiger charge is -2.27. The number of non-ortho nitro benzene ring substituents is 1. The van der Waals surface area contributed by atoms with Gasteiger partial charge in [0.15, 0.2) is 0 Å². The predicted molar refractivity (Wildman–Crippen MR) is 121 cm³/mol. The van der Waals surface area contributed by atoms with Crippen LogP contribution in [0.2, 0.25) is 5.02 Å². The first-order valence-corrected chi connectivity index (χ1v) is 10.7. The second-order valence-electron chi connectivity index (χ2n) is 8.18. The van der Waals surface area contributed by atoms with Crippen molar-refractivity contribution in [2.45, 2.75) is 25.4 Å². The number of halogens is 1. The number of hydrogen-bond donors (Lipinski definition) is 2. The quantitative estimate of drug-likeness (QED) is 0.432. The summed E-state index contributed by atoms with van der Waals surface area (Å²) in [4.78, 5) is 38.1. The Bertz CT molecular complexity index is 1490. The van der Waals surface area contributed by atoms with Crippen molar-refractivity contribution in [2.24, 2.45) is 0 Å². The van der Waals surface area contributed by atoms with Crippen molar-refractivity contribution < 1.29 is 14.8 Å². The van der Waals surface area contributed by atoms with Crippen LogP contribution in [0.5, 0.6) is 5.88 Å². The molecule has 0 spiro atoms. The van der Waals surface area contributed by atoms with Crippen LogP contribution < -0.4 is 11.0 Å². The van der Waals surface area contributed by atoms with E-state index < -0.39 is 22.7 Å². The number of benzene rings is 2. The van der Waals surface area contributed by atoms with E-state index in [1.54, 1.807) is 19.1 Å². The first-order chi connectivity index (χ1) is 16.2. The zero-order valence-corrected chi connectivity index (χ0v) is 18.5. The van der Waals surface area contributed by atoms with Gasteiger partial charge in [-0.05, 0) is 37.1 Å². The molecule has 1 aromatic heterocycles. The van der Waals surface area contributed by atoms with Gasteiger partial charge in [-0.15, -0.1) is 0 Å². The van der Waals surface area contributed by atoms with Gasteiger partial charge in [0, 0.05) is 24.4 Å². The van der Waals surface area contributed by atoms with Gasteiger partial charge in [-0.1, -0.05) is 17.7 Å². The Morgan fingerprint density at radius 1 is 1.35 bits per heavy atom. The monoisotopic (exact) mass is 480 g/mol. The van der Waals surface area contributed by atoms with E-state index in [1.807, 2.05) is 6.07 Å². The van der Waals surface area contributed by atoms with E-state index in [4.69, 9.17) is 11.6 Å². The number of nitrogens with one attached hydrogen (secondary N) is 1. The first kappa shape index (κ1) is 21.5. The number of aromatic hydroxyl groups is 1. The molecule has 1 unspecified atom stereocenters. The number of fused-ring (bicyclic) bond motifs is 5. The van der Waals surface area contributed by atoms with Crippen LogP contribution in [0.1, 0.15) is 35.3 Å². The fourth-order valence-electron chi connectivity index (χ4n) is 4.78. The molecular weight excluding hydrogens is 464 g/mol. The summed E-state index contributed by atoms with van der Waals surface area (Å²) in [6.45, 7) is 1.90. The van der Waals surface area contributed by atoms with Gasteiger partial charge in [0.25, 0.3) is 5.69 Å². The smallest absolute Gasteiger partial charge is 0.336 e. The van der Waals surface area contributed by atoms with Crippen LogP contribution in [-0.4, -0.2) is 36.6 Å². The predicted octanol–water partition coefficient (Wildman–Crippen LogP) is 3.62. The van der Waals surface area contributed by atoms with Crippen molar-refractivity contribution in [2.75, 3.05) is 11.9 Å². The third-order valence-corrected chi connectivity index (χ3v) is 6.83. The van der Waals surface area contributed by atoms with Crippen LogP contribution in [0, 0.1) is 28.4 Å². The fraction of sp³-hybridized carbons (Fsp3) is 0.227. The number of nitro benzene ring substituents is 1.